The molecule has 0 saturated carbocycles. The van der Waals surface area contributed by atoms with Crippen LogP contribution in [-0.4, -0.2) is 31.8 Å². The summed E-state index contributed by atoms with van der Waals surface area (Å²) in [4.78, 5) is 18.2. The Labute approximate surface area is 148 Å². The highest BCUT2D eigenvalue weighted by Crippen LogP contribution is 2.30. The number of H-pyrrole nitrogens is 1. The van der Waals surface area contributed by atoms with Crippen molar-refractivity contribution in [2.45, 2.75) is 52.1 Å². The number of nitrogens with one attached hydrogen (secondary N) is 2. The molecule has 5 heteroatoms. The Bertz CT molecular complexity index is 813. The summed E-state index contributed by atoms with van der Waals surface area (Å²) >= 11 is 0. The fourth-order valence-corrected chi connectivity index (χ4v) is 4.15. The zero-order chi connectivity index (χ0) is 18.0. The van der Waals surface area contributed by atoms with Crippen molar-refractivity contribution in [3.8, 4) is 11.5 Å². The summed E-state index contributed by atoms with van der Waals surface area (Å²) in [5.74, 6) is 1.26. The molecule has 5 nitrogen and oxygen atoms in total. The molecule has 1 saturated heterocycles. The van der Waals surface area contributed by atoms with Crippen LogP contribution in [0.2, 0.25) is 0 Å². The van der Waals surface area contributed by atoms with Crippen LogP contribution in [0.5, 0.6) is 11.5 Å². The first-order chi connectivity index (χ1) is 12.1. The third kappa shape index (κ3) is 3.25. The van der Waals surface area contributed by atoms with Gasteiger partial charge in [-0.15, -0.1) is 0 Å². The topological polar surface area (TPSA) is 55.8 Å². The van der Waals surface area contributed by atoms with Gasteiger partial charge in [-0.1, -0.05) is 6.92 Å². The fraction of sp³-hybridized carbons (Fsp3) is 0.550. The van der Waals surface area contributed by atoms with Gasteiger partial charge in [0.25, 0.3) is 0 Å². The maximum Gasteiger partial charge on any atom is 0.202 e. The molecular formula is C20H29N2O3+. The fourth-order valence-electron chi connectivity index (χ4n) is 4.15. The number of hydrogen-bond donors (Lipinski definition) is 2. The van der Waals surface area contributed by atoms with E-state index in [9.17, 15) is 4.79 Å². The summed E-state index contributed by atoms with van der Waals surface area (Å²) < 4.78 is 10.9. The van der Waals surface area contributed by atoms with Crippen LogP contribution < -0.4 is 19.8 Å². The predicted molar refractivity (Wildman–Crippen MR) is 99.9 cm³/mol. The van der Waals surface area contributed by atoms with Crippen molar-refractivity contribution < 1.29 is 14.4 Å². The number of aromatic nitrogens is 1. The number of methoxy groups -OCH3 is 2. The number of piperidine rings is 1. The van der Waals surface area contributed by atoms with Crippen LogP contribution in [0.4, 0.5) is 0 Å². The second kappa shape index (κ2) is 7.48. The van der Waals surface area contributed by atoms with Crippen molar-refractivity contribution in [3.05, 3.63) is 33.6 Å². The van der Waals surface area contributed by atoms with Crippen LogP contribution in [0, 0.1) is 6.92 Å². The lowest BCUT2D eigenvalue weighted by molar-refractivity contribution is -0.944. The van der Waals surface area contributed by atoms with Crippen molar-refractivity contribution in [2.75, 3.05) is 20.8 Å². The molecular weight excluding hydrogens is 316 g/mol. The molecule has 0 radical (unpaired) electrons. The second-order valence-electron chi connectivity index (χ2n) is 6.96. The van der Waals surface area contributed by atoms with Crippen LogP contribution in [0.15, 0.2) is 16.9 Å². The number of aromatic amines is 1. The monoisotopic (exact) mass is 345 g/mol. The van der Waals surface area contributed by atoms with Crippen LogP contribution >= 0.6 is 0 Å². The van der Waals surface area contributed by atoms with Gasteiger partial charge in [0.05, 0.1) is 43.3 Å². The van der Waals surface area contributed by atoms with Gasteiger partial charge in [-0.3, -0.25) is 4.79 Å². The van der Waals surface area contributed by atoms with Gasteiger partial charge in [-0.2, -0.15) is 0 Å². The zero-order valence-electron chi connectivity index (χ0n) is 15.7. The van der Waals surface area contributed by atoms with E-state index in [1.807, 2.05) is 13.0 Å². The van der Waals surface area contributed by atoms with Gasteiger partial charge in [-0.25, -0.2) is 0 Å². The Morgan fingerprint density at radius 1 is 1.20 bits per heavy atom. The third-order valence-corrected chi connectivity index (χ3v) is 5.61. The van der Waals surface area contributed by atoms with Gasteiger partial charge in [0.2, 0.25) is 5.43 Å². The summed E-state index contributed by atoms with van der Waals surface area (Å²) in [6, 6.07) is 4.28. The Balaban J connectivity index is 2.11. The Morgan fingerprint density at radius 2 is 1.92 bits per heavy atom. The lowest BCUT2D eigenvalue weighted by Crippen LogP contribution is -3.15. The number of rotatable bonds is 5. The molecule has 2 N–H and O–H groups in total. The maximum atomic E-state index is 13.3. The first-order valence-corrected chi connectivity index (χ1v) is 9.21. The van der Waals surface area contributed by atoms with Crippen molar-refractivity contribution in [2.24, 2.45) is 0 Å². The highest BCUT2D eigenvalue weighted by atomic mass is 16.5. The predicted octanol–water partition coefficient (Wildman–Crippen LogP) is 2.20. The molecule has 0 amide bonds. The van der Waals surface area contributed by atoms with E-state index in [1.54, 1.807) is 20.3 Å². The lowest BCUT2D eigenvalue weighted by Gasteiger charge is -2.32. The molecule has 3 rings (SSSR count). The van der Waals surface area contributed by atoms with E-state index < -0.39 is 0 Å². The first-order valence-electron chi connectivity index (χ1n) is 9.21. The molecule has 1 aliphatic heterocycles. The summed E-state index contributed by atoms with van der Waals surface area (Å²) in [6.45, 7) is 6.15. The number of benzene rings is 1. The number of fused-ring (bicyclic) bond motifs is 1. The minimum absolute atomic E-state index is 0.0647. The van der Waals surface area contributed by atoms with E-state index in [2.05, 4.69) is 11.9 Å². The van der Waals surface area contributed by atoms with E-state index in [4.69, 9.17) is 9.47 Å². The summed E-state index contributed by atoms with van der Waals surface area (Å²) in [7, 11) is 3.22. The number of hydrogen-bond acceptors (Lipinski definition) is 3. The maximum absolute atomic E-state index is 13.3. The summed E-state index contributed by atoms with van der Waals surface area (Å²) in [5.41, 5.74) is 2.58. The van der Waals surface area contributed by atoms with Crippen molar-refractivity contribution >= 4 is 10.9 Å². The lowest BCUT2D eigenvalue weighted by atomic mass is 9.98. The van der Waals surface area contributed by atoms with Crippen LogP contribution in [0.25, 0.3) is 10.9 Å². The van der Waals surface area contributed by atoms with Gasteiger partial charge in [-0.05, 0) is 44.7 Å². The van der Waals surface area contributed by atoms with Crippen molar-refractivity contribution in [3.63, 3.8) is 0 Å². The molecule has 1 aromatic carbocycles. The van der Waals surface area contributed by atoms with E-state index in [-0.39, 0.29) is 5.43 Å². The second-order valence-corrected chi connectivity index (χ2v) is 6.96. The number of ether oxygens (including phenoxy) is 2. The molecule has 1 aromatic heterocycles. The summed E-state index contributed by atoms with van der Waals surface area (Å²) in [6.07, 6.45) is 4.97. The van der Waals surface area contributed by atoms with Gasteiger partial charge in [0.15, 0.2) is 0 Å². The molecule has 2 unspecified atom stereocenters. The van der Waals surface area contributed by atoms with E-state index in [1.165, 1.54) is 24.2 Å². The van der Waals surface area contributed by atoms with Crippen molar-refractivity contribution in [1.29, 1.82) is 0 Å². The van der Waals surface area contributed by atoms with E-state index >= 15 is 0 Å². The van der Waals surface area contributed by atoms with Crippen LogP contribution in [0.1, 0.15) is 43.9 Å². The SMILES string of the molecule is CCC1CCCC[NH+]1Cc1c(C)[nH]c2c(OC)ccc(OC)c2c1=O. The normalized spacial score (nSPS) is 20.6. The molecule has 1 aliphatic rings. The number of quaternary nitrogens is 1. The zero-order valence-corrected chi connectivity index (χ0v) is 15.7. The van der Waals surface area contributed by atoms with Gasteiger partial charge in [0.1, 0.15) is 18.0 Å². The number of aryl methyl sites for hydroxylation is 1. The van der Waals surface area contributed by atoms with Gasteiger partial charge < -0.3 is 19.4 Å². The number of likely N-dealkylation sites (tertiary alicyclic amines) is 1. The molecule has 136 valence electrons. The molecule has 0 aliphatic carbocycles. The standard InChI is InChI=1S/C20H28N2O3/c1-5-14-8-6-7-11-22(14)12-15-13(2)21-19-17(25-4)10-9-16(24-3)18(19)20(15)23/h9-10,14H,5-8,11-12H2,1-4H3,(H,21,23)/p+1. The highest BCUT2D eigenvalue weighted by molar-refractivity contribution is 5.90. The van der Waals surface area contributed by atoms with Gasteiger partial charge in [0, 0.05) is 5.69 Å². The Morgan fingerprint density at radius 3 is 2.60 bits per heavy atom. The highest BCUT2D eigenvalue weighted by Gasteiger charge is 2.27. The third-order valence-electron chi connectivity index (χ3n) is 5.61. The Hall–Kier alpha value is -2.01. The summed E-state index contributed by atoms with van der Waals surface area (Å²) in [5, 5.41) is 0.590. The molecule has 0 spiro atoms. The smallest absolute Gasteiger partial charge is 0.202 e. The molecule has 1 fully saturated rings. The molecule has 0 bridgehead atoms. The van der Waals surface area contributed by atoms with E-state index in [0.717, 1.165) is 30.8 Å². The number of pyridine rings is 1. The molecule has 2 atom stereocenters. The quantitative estimate of drug-likeness (QED) is 0.873. The molecule has 2 heterocycles. The molecule has 25 heavy (non-hydrogen) atoms. The molecule has 2 aromatic rings. The van der Waals surface area contributed by atoms with Crippen LogP contribution in [-0.2, 0) is 6.54 Å². The first kappa shape index (κ1) is 17.8. The Kier molecular flexibility index (Phi) is 5.33. The minimum Gasteiger partial charge on any atom is -0.496 e. The minimum atomic E-state index is 0.0647. The van der Waals surface area contributed by atoms with Crippen LogP contribution in [0.3, 0.4) is 0 Å². The average molecular weight is 345 g/mol. The van der Waals surface area contributed by atoms with Crippen molar-refractivity contribution in [1.82, 2.24) is 4.98 Å². The van der Waals surface area contributed by atoms with E-state index in [0.29, 0.717) is 28.4 Å². The average Bonchev–Trinajstić information content (AvgIpc) is 2.64. The van der Waals surface area contributed by atoms with Gasteiger partial charge >= 0.3 is 0 Å². The largest absolute Gasteiger partial charge is 0.496 e.